The van der Waals surface area contributed by atoms with Gasteiger partial charge in [-0.05, 0) is 30.3 Å². The van der Waals surface area contributed by atoms with Crippen molar-refractivity contribution in [3.8, 4) is 0 Å². The van der Waals surface area contributed by atoms with Crippen molar-refractivity contribution < 1.29 is 19.2 Å². The molecule has 0 atom stereocenters. The number of nitrogens with one attached hydrogen (secondary N) is 1. The summed E-state index contributed by atoms with van der Waals surface area (Å²) in [5, 5.41) is 13.5. The highest BCUT2D eigenvalue weighted by Crippen LogP contribution is 2.19. The van der Waals surface area contributed by atoms with E-state index in [2.05, 4.69) is 5.32 Å². The van der Waals surface area contributed by atoms with Gasteiger partial charge in [-0.3, -0.25) is 14.9 Å². The highest BCUT2D eigenvalue weighted by molar-refractivity contribution is 5.92. The second kappa shape index (κ2) is 7.17. The lowest BCUT2D eigenvalue weighted by molar-refractivity contribution is -0.385. The lowest BCUT2D eigenvalue weighted by atomic mass is 10.2. The fourth-order valence-electron chi connectivity index (χ4n) is 1.93. The number of nitro benzene ring substituents is 1. The van der Waals surface area contributed by atoms with Gasteiger partial charge in [0.15, 0.2) is 0 Å². The number of benzene rings is 2. The number of carbonyl (C=O) groups excluding carboxylic acids is 2. The van der Waals surface area contributed by atoms with Gasteiger partial charge in [-0.1, -0.05) is 12.1 Å². The molecule has 0 aliphatic heterocycles. The fraction of sp³-hybridized carbons (Fsp3) is 0.125. The smallest absolute Gasteiger partial charge is 0.338 e. The molecule has 1 amide bonds. The molecule has 118 valence electrons. The minimum absolute atomic E-state index is 0.0960. The van der Waals surface area contributed by atoms with Crippen LogP contribution in [-0.4, -0.2) is 16.8 Å². The summed E-state index contributed by atoms with van der Waals surface area (Å²) in [6, 6.07) is 12.2. The minimum atomic E-state index is -0.600. The number of anilines is 1. The molecule has 1 N–H and O–H groups in total. The number of rotatable bonds is 5. The molecule has 0 radical (unpaired) electrons. The SMILES string of the molecule is CC(=O)Nc1ccc(C(=O)OCc2ccccc2[N+](=O)[O-])cc1. The first-order valence-corrected chi connectivity index (χ1v) is 6.74. The number of nitro groups is 1. The number of carbonyl (C=O) groups is 2. The van der Waals surface area contributed by atoms with Crippen molar-refractivity contribution >= 4 is 23.3 Å². The van der Waals surface area contributed by atoms with Crippen molar-refractivity contribution in [3.05, 3.63) is 69.8 Å². The van der Waals surface area contributed by atoms with Crippen LogP contribution in [0, 0.1) is 10.1 Å². The summed E-state index contributed by atoms with van der Waals surface area (Å²) in [5.74, 6) is -0.811. The Balaban J connectivity index is 2.03. The molecule has 0 aliphatic rings. The Labute approximate surface area is 132 Å². The lowest BCUT2D eigenvalue weighted by Gasteiger charge is -2.07. The molecule has 0 bridgehead atoms. The van der Waals surface area contributed by atoms with Gasteiger partial charge in [0.25, 0.3) is 5.69 Å². The predicted molar refractivity (Wildman–Crippen MR) is 83.0 cm³/mol. The first-order chi connectivity index (χ1) is 11.0. The van der Waals surface area contributed by atoms with E-state index in [0.29, 0.717) is 11.3 Å². The van der Waals surface area contributed by atoms with Crippen LogP contribution in [0.15, 0.2) is 48.5 Å². The van der Waals surface area contributed by atoms with Gasteiger partial charge in [-0.15, -0.1) is 0 Å². The molecule has 2 aromatic carbocycles. The average Bonchev–Trinajstić information content (AvgIpc) is 2.53. The molecule has 0 saturated heterocycles. The second-order valence-corrected chi connectivity index (χ2v) is 4.72. The topological polar surface area (TPSA) is 98.5 Å². The highest BCUT2D eigenvalue weighted by atomic mass is 16.6. The minimum Gasteiger partial charge on any atom is -0.457 e. The van der Waals surface area contributed by atoms with Crippen LogP contribution >= 0.6 is 0 Å². The molecule has 2 aromatic rings. The third kappa shape index (κ3) is 4.37. The number of amides is 1. The largest absolute Gasteiger partial charge is 0.457 e. The van der Waals surface area contributed by atoms with Gasteiger partial charge in [-0.25, -0.2) is 4.79 Å². The third-order valence-electron chi connectivity index (χ3n) is 2.99. The van der Waals surface area contributed by atoms with E-state index in [4.69, 9.17) is 4.74 Å². The molecule has 7 heteroatoms. The fourth-order valence-corrected chi connectivity index (χ4v) is 1.93. The van der Waals surface area contributed by atoms with E-state index in [0.717, 1.165) is 0 Å². The zero-order chi connectivity index (χ0) is 16.8. The van der Waals surface area contributed by atoms with E-state index in [1.165, 1.54) is 31.2 Å². The van der Waals surface area contributed by atoms with E-state index in [-0.39, 0.29) is 23.8 Å². The van der Waals surface area contributed by atoms with Gasteiger partial charge >= 0.3 is 5.97 Å². The van der Waals surface area contributed by atoms with Crippen molar-refractivity contribution in [2.24, 2.45) is 0 Å². The molecule has 0 heterocycles. The summed E-state index contributed by atoms with van der Waals surface area (Å²) < 4.78 is 5.10. The predicted octanol–water partition coefficient (Wildman–Crippen LogP) is 2.91. The zero-order valence-corrected chi connectivity index (χ0v) is 12.3. The molecule has 0 aromatic heterocycles. The Morgan fingerprint density at radius 1 is 1.13 bits per heavy atom. The number of para-hydroxylation sites is 1. The zero-order valence-electron chi connectivity index (χ0n) is 12.3. The van der Waals surface area contributed by atoms with Crippen LogP contribution in [0.25, 0.3) is 0 Å². The number of esters is 1. The van der Waals surface area contributed by atoms with Crippen LogP contribution in [0.3, 0.4) is 0 Å². The monoisotopic (exact) mass is 314 g/mol. The summed E-state index contributed by atoms with van der Waals surface area (Å²) in [6.45, 7) is 1.19. The third-order valence-corrected chi connectivity index (χ3v) is 2.99. The summed E-state index contributed by atoms with van der Waals surface area (Å²) in [7, 11) is 0. The summed E-state index contributed by atoms with van der Waals surface area (Å²) in [5.41, 5.74) is 1.08. The Bertz CT molecular complexity index is 740. The molecule has 0 aliphatic carbocycles. The first-order valence-electron chi connectivity index (χ1n) is 6.74. The maximum absolute atomic E-state index is 12.0. The molecule has 0 fully saturated rings. The Morgan fingerprint density at radius 3 is 2.39 bits per heavy atom. The molecule has 23 heavy (non-hydrogen) atoms. The Kier molecular flexibility index (Phi) is 5.03. The maximum Gasteiger partial charge on any atom is 0.338 e. The molecule has 0 spiro atoms. The van der Waals surface area contributed by atoms with Crippen LogP contribution in [0.2, 0.25) is 0 Å². The van der Waals surface area contributed by atoms with E-state index >= 15 is 0 Å². The lowest BCUT2D eigenvalue weighted by Crippen LogP contribution is -2.08. The van der Waals surface area contributed by atoms with Gasteiger partial charge in [0.05, 0.1) is 16.1 Å². The summed E-state index contributed by atoms with van der Waals surface area (Å²) in [4.78, 5) is 33.2. The molecular formula is C16H14N2O5. The van der Waals surface area contributed by atoms with Crippen LogP contribution in [-0.2, 0) is 16.1 Å². The van der Waals surface area contributed by atoms with Gasteiger partial charge in [0.1, 0.15) is 6.61 Å². The number of nitrogens with zero attached hydrogens (tertiary/aromatic N) is 1. The molecular weight excluding hydrogens is 300 g/mol. The van der Waals surface area contributed by atoms with E-state index < -0.39 is 10.9 Å². The van der Waals surface area contributed by atoms with Gasteiger partial charge in [0.2, 0.25) is 5.91 Å². The normalized spacial score (nSPS) is 9.96. The molecule has 7 nitrogen and oxygen atoms in total. The standard InChI is InChI=1S/C16H14N2O5/c1-11(19)17-14-8-6-12(7-9-14)16(20)23-10-13-4-2-3-5-15(13)18(21)22/h2-9H,10H2,1H3,(H,17,19). The van der Waals surface area contributed by atoms with E-state index in [1.54, 1.807) is 24.3 Å². The average molecular weight is 314 g/mol. The number of hydrogen-bond donors (Lipinski definition) is 1. The van der Waals surface area contributed by atoms with Gasteiger partial charge in [0, 0.05) is 18.7 Å². The van der Waals surface area contributed by atoms with Gasteiger partial charge < -0.3 is 10.1 Å². The van der Waals surface area contributed by atoms with Gasteiger partial charge in [-0.2, -0.15) is 0 Å². The van der Waals surface area contributed by atoms with Crippen LogP contribution in [0.5, 0.6) is 0 Å². The molecule has 2 rings (SSSR count). The Hall–Kier alpha value is -3.22. The van der Waals surface area contributed by atoms with Crippen molar-refractivity contribution in [1.29, 1.82) is 0 Å². The van der Waals surface area contributed by atoms with Crippen LogP contribution in [0.1, 0.15) is 22.8 Å². The van der Waals surface area contributed by atoms with Crippen LogP contribution < -0.4 is 5.32 Å². The maximum atomic E-state index is 12.0. The summed E-state index contributed by atoms with van der Waals surface area (Å²) >= 11 is 0. The van der Waals surface area contributed by atoms with Crippen LogP contribution in [0.4, 0.5) is 11.4 Å². The summed E-state index contributed by atoms with van der Waals surface area (Å²) in [6.07, 6.45) is 0. The number of hydrogen-bond acceptors (Lipinski definition) is 5. The highest BCUT2D eigenvalue weighted by Gasteiger charge is 2.15. The molecule has 0 unspecified atom stereocenters. The van der Waals surface area contributed by atoms with E-state index in [1.807, 2.05) is 0 Å². The molecule has 0 saturated carbocycles. The second-order valence-electron chi connectivity index (χ2n) is 4.72. The number of ether oxygens (including phenoxy) is 1. The Morgan fingerprint density at radius 2 is 1.78 bits per heavy atom. The van der Waals surface area contributed by atoms with Crippen molar-refractivity contribution in [2.45, 2.75) is 13.5 Å². The van der Waals surface area contributed by atoms with Crippen molar-refractivity contribution in [3.63, 3.8) is 0 Å². The van der Waals surface area contributed by atoms with Crippen molar-refractivity contribution in [1.82, 2.24) is 0 Å². The van der Waals surface area contributed by atoms with Crippen molar-refractivity contribution in [2.75, 3.05) is 5.32 Å². The van der Waals surface area contributed by atoms with E-state index in [9.17, 15) is 19.7 Å². The quantitative estimate of drug-likeness (QED) is 0.520. The first kappa shape index (κ1) is 16.2.